The topological polar surface area (TPSA) is 35.9 Å². The van der Waals surface area contributed by atoms with Gasteiger partial charge in [-0.25, -0.2) is 4.98 Å². The number of nitrogens with zero attached hydrogens (tertiary/aromatic N) is 3. The summed E-state index contributed by atoms with van der Waals surface area (Å²) in [6.07, 6.45) is 10.2. The molecule has 0 radical (unpaired) electrons. The molecule has 4 atom stereocenters. The van der Waals surface area contributed by atoms with E-state index in [4.69, 9.17) is 9.40 Å². The first-order valence-corrected chi connectivity index (χ1v) is 21.0. The average Bonchev–Trinajstić information content (AvgIpc) is 3.91. The molecule has 0 aliphatic heterocycles. The van der Waals surface area contributed by atoms with Crippen LogP contribution in [-0.4, -0.2) is 14.1 Å². The zero-order valence-electron chi connectivity index (χ0n) is 32.6. The van der Waals surface area contributed by atoms with Gasteiger partial charge < -0.3 is 8.98 Å². The molecule has 6 aromatic carbocycles. The standard InChI is InChI=1S/C53H45N3O/c1-3-34-26-35-25-33(2)29-53(30-34,31-35)37-20-23-49-45(28-37)41-12-5-8-17-47(41)56(49)51-24-21-38(32-54-51)55-46-16-7-4-11-40(46)44-27-36(19-22-48(44)55)39-14-10-15-43-42-13-6-9-18-50(42)57-52(39)43/h4-24,27-28,32-35H,3,25-26,29-31H2,1-2H3. The highest BCUT2D eigenvalue weighted by molar-refractivity contribution is 6.13. The summed E-state index contributed by atoms with van der Waals surface area (Å²) in [7, 11) is 0. The van der Waals surface area contributed by atoms with Crippen LogP contribution in [0.15, 0.2) is 150 Å². The Morgan fingerprint density at radius 1 is 0.614 bits per heavy atom. The van der Waals surface area contributed by atoms with Crippen molar-refractivity contribution in [1.82, 2.24) is 14.1 Å². The van der Waals surface area contributed by atoms with Gasteiger partial charge in [0.2, 0.25) is 0 Å². The number of aromatic nitrogens is 3. The summed E-state index contributed by atoms with van der Waals surface area (Å²) in [4.78, 5) is 5.23. The molecule has 0 saturated heterocycles. The molecule has 0 N–H and O–H groups in total. The molecule has 2 aliphatic carbocycles. The highest BCUT2D eigenvalue weighted by atomic mass is 16.3. The van der Waals surface area contributed by atoms with Gasteiger partial charge in [0.1, 0.15) is 17.0 Å². The summed E-state index contributed by atoms with van der Waals surface area (Å²) in [5.41, 5.74) is 11.7. The van der Waals surface area contributed by atoms with Crippen LogP contribution < -0.4 is 0 Å². The fraction of sp³-hybridized carbons (Fsp3) is 0.226. The Hall–Kier alpha value is -6.13. The molecule has 2 bridgehead atoms. The Bertz CT molecular complexity index is 3190. The van der Waals surface area contributed by atoms with Gasteiger partial charge in [0.05, 0.1) is 34.0 Å². The lowest BCUT2D eigenvalue weighted by atomic mass is 9.54. The lowest BCUT2D eigenvalue weighted by Gasteiger charge is -2.51. The minimum absolute atomic E-state index is 0.294. The summed E-state index contributed by atoms with van der Waals surface area (Å²) in [6, 6.07) is 51.1. The van der Waals surface area contributed by atoms with Crippen molar-refractivity contribution in [2.24, 2.45) is 17.8 Å². The maximum Gasteiger partial charge on any atom is 0.143 e. The monoisotopic (exact) mass is 739 g/mol. The minimum Gasteiger partial charge on any atom is -0.455 e. The number of para-hydroxylation sites is 4. The normalized spacial score (nSPS) is 21.1. The molecular formula is C53H45N3O. The smallest absolute Gasteiger partial charge is 0.143 e. The highest BCUT2D eigenvalue weighted by Gasteiger charge is 2.46. The van der Waals surface area contributed by atoms with E-state index in [1.165, 1.54) is 71.1 Å². The number of rotatable bonds is 5. The van der Waals surface area contributed by atoms with Gasteiger partial charge >= 0.3 is 0 Å². The summed E-state index contributed by atoms with van der Waals surface area (Å²) < 4.78 is 11.2. The van der Waals surface area contributed by atoms with E-state index in [2.05, 4.69) is 163 Å². The predicted molar refractivity (Wildman–Crippen MR) is 237 cm³/mol. The van der Waals surface area contributed by atoms with Gasteiger partial charge in [-0.05, 0) is 121 Å². The van der Waals surface area contributed by atoms with E-state index in [9.17, 15) is 0 Å². The van der Waals surface area contributed by atoms with Gasteiger partial charge in [-0.15, -0.1) is 0 Å². The molecule has 278 valence electrons. The van der Waals surface area contributed by atoms with Gasteiger partial charge in [-0.1, -0.05) is 105 Å². The largest absolute Gasteiger partial charge is 0.455 e. The molecule has 2 fully saturated rings. The Labute approximate surface area is 332 Å². The van der Waals surface area contributed by atoms with Crippen LogP contribution in [0, 0.1) is 17.8 Å². The van der Waals surface area contributed by atoms with Crippen molar-refractivity contribution >= 4 is 65.6 Å². The van der Waals surface area contributed by atoms with Crippen LogP contribution in [-0.2, 0) is 5.41 Å². The van der Waals surface area contributed by atoms with Crippen LogP contribution in [0.3, 0.4) is 0 Å². The fourth-order valence-corrected chi connectivity index (χ4v) is 11.7. The molecule has 0 amide bonds. The number of furan rings is 1. The molecule has 4 unspecified atom stereocenters. The molecule has 2 saturated carbocycles. The van der Waals surface area contributed by atoms with Gasteiger partial charge in [0.15, 0.2) is 0 Å². The molecule has 4 aromatic heterocycles. The van der Waals surface area contributed by atoms with Gasteiger partial charge in [-0.2, -0.15) is 0 Å². The van der Waals surface area contributed by atoms with Crippen molar-refractivity contribution < 1.29 is 4.42 Å². The maximum absolute atomic E-state index is 6.45. The van der Waals surface area contributed by atoms with E-state index in [1.807, 2.05) is 6.07 Å². The predicted octanol–water partition coefficient (Wildman–Crippen LogP) is 14.3. The van der Waals surface area contributed by atoms with Crippen LogP contribution in [0.25, 0.3) is 88.2 Å². The third-order valence-corrected chi connectivity index (χ3v) is 14.0. The van der Waals surface area contributed by atoms with E-state index in [0.717, 1.165) is 73.4 Å². The minimum atomic E-state index is 0.294. The van der Waals surface area contributed by atoms with Crippen molar-refractivity contribution in [3.05, 3.63) is 151 Å². The van der Waals surface area contributed by atoms with E-state index in [0.29, 0.717) is 5.41 Å². The van der Waals surface area contributed by atoms with Crippen LogP contribution in [0.2, 0.25) is 0 Å². The van der Waals surface area contributed by atoms with E-state index in [-0.39, 0.29) is 0 Å². The SMILES string of the molecule is CCC1CC2CC(C)CC(c3ccc4c(c3)c3ccccc3n4-c3ccc(-n4c5ccccc5c5cc(-c6cccc7c6oc6ccccc67)ccc54)cn3)(C1)C2. The molecule has 4 heterocycles. The van der Waals surface area contributed by atoms with E-state index >= 15 is 0 Å². The Kier molecular flexibility index (Phi) is 7.21. The zero-order valence-corrected chi connectivity index (χ0v) is 32.6. The second kappa shape index (κ2) is 12.4. The van der Waals surface area contributed by atoms with Crippen molar-refractivity contribution in [3.8, 4) is 22.6 Å². The summed E-state index contributed by atoms with van der Waals surface area (Å²) in [5.74, 6) is 3.43. The summed E-state index contributed by atoms with van der Waals surface area (Å²) in [6.45, 7) is 4.90. The fourth-order valence-electron chi connectivity index (χ4n) is 11.7. The van der Waals surface area contributed by atoms with Crippen molar-refractivity contribution in [2.45, 2.75) is 57.8 Å². The Morgan fingerprint density at radius 2 is 1.32 bits per heavy atom. The Balaban J connectivity index is 0.964. The van der Waals surface area contributed by atoms with Gasteiger partial charge in [0.25, 0.3) is 0 Å². The van der Waals surface area contributed by atoms with Gasteiger partial charge in [-0.3, -0.25) is 4.57 Å². The molecular weight excluding hydrogens is 695 g/mol. The van der Waals surface area contributed by atoms with E-state index in [1.54, 1.807) is 5.56 Å². The molecule has 10 aromatic rings. The molecule has 4 nitrogen and oxygen atoms in total. The first-order chi connectivity index (χ1) is 28.0. The number of fused-ring (bicyclic) bond motifs is 11. The van der Waals surface area contributed by atoms with Crippen molar-refractivity contribution in [3.63, 3.8) is 0 Å². The van der Waals surface area contributed by atoms with Crippen LogP contribution in [0.1, 0.15) is 57.9 Å². The van der Waals surface area contributed by atoms with Crippen molar-refractivity contribution in [1.29, 1.82) is 0 Å². The number of hydrogen-bond acceptors (Lipinski definition) is 2. The van der Waals surface area contributed by atoms with Crippen LogP contribution in [0.5, 0.6) is 0 Å². The first kappa shape index (κ1) is 33.1. The Morgan fingerprint density at radius 3 is 2.12 bits per heavy atom. The summed E-state index contributed by atoms with van der Waals surface area (Å²) >= 11 is 0. The zero-order chi connectivity index (χ0) is 37.8. The highest BCUT2D eigenvalue weighted by Crippen LogP contribution is 2.55. The number of hydrogen-bond donors (Lipinski definition) is 0. The molecule has 0 spiro atoms. The molecule has 2 aliphatic rings. The first-order valence-electron chi connectivity index (χ1n) is 21.0. The molecule has 12 rings (SSSR count). The number of benzene rings is 6. The summed E-state index contributed by atoms with van der Waals surface area (Å²) in [5, 5.41) is 7.36. The lowest BCUT2D eigenvalue weighted by molar-refractivity contribution is 0.0703. The van der Waals surface area contributed by atoms with Crippen molar-refractivity contribution in [2.75, 3.05) is 0 Å². The molecule has 57 heavy (non-hydrogen) atoms. The molecule has 4 heteroatoms. The third-order valence-electron chi connectivity index (χ3n) is 14.0. The van der Waals surface area contributed by atoms with Crippen LogP contribution in [0.4, 0.5) is 0 Å². The van der Waals surface area contributed by atoms with E-state index < -0.39 is 0 Å². The maximum atomic E-state index is 6.45. The van der Waals surface area contributed by atoms with Gasteiger partial charge in [0, 0.05) is 37.9 Å². The van der Waals surface area contributed by atoms with Crippen LogP contribution >= 0.6 is 0 Å². The third kappa shape index (κ3) is 4.95. The quantitative estimate of drug-likeness (QED) is 0.176. The number of pyridine rings is 1. The second-order valence-electron chi connectivity index (χ2n) is 17.4. The second-order valence-corrected chi connectivity index (χ2v) is 17.4. The lowest BCUT2D eigenvalue weighted by Crippen LogP contribution is -2.42. The average molecular weight is 740 g/mol.